The summed E-state index contributed by atoms with van der Waals surface area (Å²) in [5.74, 6) is -8.12. The van der Waals surface area contributed by atoms with Crippen molar-refractivity contribution in [2.75, 3.05) is 34.4 Å². The van der Waals surface area contributed by atoms with Crippen LogP contribution in [0.3, 0.4) is 0 Å². The molecule has 2 aromatic carbocycles. The maximum atomic E-state index is 15.2. The molecule has 0 saturated carbocycles. The van der Waals surface area contributed by atoms with Crippen LogP contribution in [0, 0.1) is 0 Å². The second kappa shape index (κ2) is 31.0. The second-order valence-electron chi connectivity index (χ2n) is 26.1. The summed E-state index contributed by atoms with van der Waals surface area (Å²) in [6.07, 6.45) is -7.38. The van der Waals surface area contributed by atoms with E-state index in [9.17, 15) is 49.9 Å². The molecule has 39 heteroatoms. The third kappa shape index (κ3) is 15.5. The first-order valence-electron chi connectivity index (χ1n) is 33.3. The number of aliphatic hydroxyl groups excluding tert-OH is 1. The zero-order chi connectivity index (χ0) is 76.9. The minimum absolute atomic E-state index is 0.00295. The van der Waals surface area contributed by atoms with Gasteiger partial charge in [-0.1, -0.05) is 12.1 Å². The van der Waals surface area contributed by atoms with Gasteiger partial charge in [-0.15, -0.1) is 56.7 Å². The molecule has 12 N–H and O–H groups in total. The number of nitrogens with one attached hydrogen (secondary N) is 6. The largest absolute Gasteiger partial charge is 0.508 e. The van der Waals surface area contributed by atoms with Gasteiger partial charge in [-0.2, -0.15) is 4.73 Å². The summed E-state index contributed by atoms with van der Waals surface area (Å²) in [6.45, 7) is 5.73. The molecule has 34 nitrogen and oxygen atoms in total. The number of methoxy groups -OCH3 is 1. The predicted octanol–water partition coefficient (Wildman–Crippen LogP) is 5.05. The Kier molecular flexibility index (Phi) is 21.8. The van der Waals surface area contributed by atoms with Crippen molar-refractivity contribution in [3.8, 4) is 49.9 Å². The number of phenols is 2. The van der Waals surface area contributed by atoms with Crippen LogP contribution in [0.5, 0.6) is 17.2 Å². The second-order valence-corrected chi connectivity index (χ2v) is 30.5. The van der Waals surface area contributed by atoms with Crippen LogP contribution >= 0.6 is 56.7 Å². The van der Waals surface area contributed by atoms with E-state index in [0.29, 0.717) is 15.9 Å². The zero-order valence-corrected chi connectivity index (χ0v) is 62.5. The Balaban J connectivity index is 0.929. The van der Waals surface area contributed by atoms with E-state index in [2.05, 4.69) is 46.9 Å². The maximum Gasteiger partial charge on any atom is 0.358 e. The summed E-state index contributed by atoms with van der Waals surface area (Å²) in [5.41, 5.74) is -2.37. The van der Waals surface area contributed by atoms with Gasteiger partial charge in [-0.05, 0) is 90.5 Å². The van der Waals surface area contributed by atoms with Gasteiger partial charge in [-0.3, -0.25) is 28.8 Å². The van der Waals surface area contributed by atoms with E-state index < -0.39 is 145 Å². The zero-order valence-electron chi connectivity index (χ0n) is 58.5. The van der Waals surface area contributed by atoms with Crippen molar-refractivity contribution in [1.82, 2.24) is 71.4 Å². The van der Waals surface area contributed by atoms with Crippen molar-refractivity contribution in [3.63, 3.8) is 0 Å². The number of hydrogen-bond donors (Lipinski definition) is 12. The first-order valence-corrected chi connectivity index (χ1v) is 37.7. The van der Waals surface area contributed by atoms with E-state index in [1.54, 1.807) is 45.0 Å². The number of cyclic esters (lactones) is 2. The Morgan fingerprint density at radius 2 is 1.46 bits per heavy atom. The van der Waals surface area contributed by atoms with Crippen LogP contribution in [0.1, 0.15) is 137 Å². The number of rotatable bonds is 12. The highest BCUT2D eigenvalue weighted by molar-refractivity contribution is 7.14. The number of carbonyl (C=O) groups is 8. The average molecular weight is 1580 g/mol. The molecule has 4 aliphatic heterocycles. The first-order chi connectivity index (χ1) is 51.5. The molecule has 0 radical (unpaired) electrons. The summed E-state index contributed by atoms with van der Waals surface area (Å²) < 4.78 is 38.3. The van der Waals surface area contributed by atoms with Gasteiger partial charge in [0.05, 0.1) is 43.1 Å². The van der Waals surface area contributed by atoms with Crippen LogP contribution in [-0.2, 0) is 62.4 Å². The molecule has 9 aromatic rings. The fourth-order valence-corrected chi connectivity index (χ4v) is 17.3. The van der Waals surface area contributed by atoms with Crippen molar-refractivity contribution in [2.24, 2.45) is 0 Å². The molecule has 0 spiro atoms. The van der Waals surface area contributed by atoms with Crippen LogP contribution < -0.4 is 31.9 Å². The van der Waals surface area contributed by atoms with Gasteiger partial charge in [0.2, 0.25) is 11.8 Å². The number of esters is 2. The molecule has 0 aliphatic carbocycles. The monoisotopic (exact) mass is 1570 g/mol. The van der Waals surface area contributed by atoms with Crippen LogP contribution in [0.25, 0.3) is 49.3 Å². The molecule has 12 bridgehead atoms. The van der Waals surface area contributed by atoms with Crippen molar-refractivity contribution >= 4 is 121 Å². The molecule has 6 amide bonds. The number of aliphatic hydroxyl groups is 2. The smallest absolute Gasteiger partial charge is 0.358 e. The lowest BCUT2D eigenvalue weighted by Crippen LogP contribution is -2.62. The minimum atomic E-state index is -1.93. The third-order valence-electron chi connectivity index (χ3n) is 18.2. The summed E-state index contributed by atoms with van der Waals surface area (Å²) in [6, 6.07) is 3.53. The highest BCUT2D eigenvalue weighted by Crippen LogP contribution is 2.43. The van der Waals surface area contributed by atoms with Gasteiger partial charge in [0.25, 0.3) is 23.6 Å². The number of thiazole rings is 5. The van der Waals surface area contributed by atoms with Crippen molar-refractivity contribution in [3.05, 3.63) is 135 Å². The molecular formula is C69H70N14O20S5. The van der Waals surface area contributed by atoms with E-state index in [-0.39, 0.29) is 129 Å². The fraction of sp³-hybridized carbons (Fsp3) is 0.362. The van der Waals surface area contributed by atoms with E-state index in [4.69, 9.17) is 43.4 Å². The number of benzene rings is 2. The Morgan fingerprint density at radius 1 is 0.796 bits per heavy atom. The number of hydrogen-bond acceptors (Lipinski definition) is 32. The summed E-state index contributed by atoms with van der Waals surface area (Å²) in [5, 5.41) is 90.6. The molecule has 0 unspecified atom stereocenters. The van der Waals surface area contributed by atoms with Gasteiger partial charge in [0.15, 0.2) is 18.1 Å². The number of fused-ring (bicyclic) bond motifs is 15. The molecule has 7 aromatic heterocycles. The number of phenolic OH excluding ortho intramolecular Hbond substituents is 2. The Bertz CT molecular complexity index is 5060. The van der Waals surface area contributed by atoms with Gasteiger partial charge in [-0.25, -0.2) is 39.5 Å². The number of aromatic nitrogens is 7. The summed E-state index contributed by atoms with van der Waals surface area (Å²) in [4.78, 5) is 146. The number of ether oxygens (including phenoxy) is 6. The van der Waals surface area contributed by atoms with Gasteiger partial charge in [0.1, 0.15) is 137 Å². The predicted molar refractivity (Wildman–Crippen MR) is 388 cm³/mol. The first kappa shape index (κ1) is 75.8. The number of aromatic hydroxyl groups is 3. The molecule has 11 atom stereocenters. The van der Waals surface area contributed by atoms with Gasteiger partial charge >= 0.3 is 11.9 Å². The highest BCUT2D eigenvalue weighted by atomic mass is 32.1. The number of nitrogens with zero attached hydrogens (tertiary/aromatic N) is 8. The Morgan fingerprint density at radius 3 is 2.19 bits per heavy atom. The summed E-state index contributed by atoms with van der Waals surface area (Å²) >= 11 is 4.47. The van der Waals surface area contributed by atoms with Crippen LogP contribution in [-0.4, -0.2) is 206 Å². The SMILES string of the molecule is CO/C(C)=C1/NC(=O)[C@H]([C@@H](C)O)NC(=O)c2csc(n2)-c2cc(O)c(-c3nc(C(=O)N[C@@H](C)C(=O)NCCc4cc(O)cc(O)c4)cs3)nc2-c2csc(n2)[C@@H]2COC(=O)c3c4c5c(cccc5n3O)COC(=O)[C@@H](O[C@H]3C[C@](C)(O)[C@H](N(C)C)[C@H](C)O3)[C@@H](OC4)[C@H](NC(=O)c3csc1n3)c1nc(cs1)C(=O)N2. The molecule has 1 fully saturated rings. The Hall–Kier alpha value is -10.5. The van der Waals surface area contributed by atoms with E-state index >= 15 is 19.2 Å². The fourth-order valence-electron chi connectivity index (χ4n) is 13.1. The van der Waals surface area contributed by atoms with Crippen molar-refractivity contribution in [2.45, 2.75) is 127 Å². The van der Waals surface area contributed by atoms with Crippen LogP contribution in [0.2, 0.25) is 0 Å². The molecule has 1 saturated heterocycles. The number of amides is 6. The van der Waals surface area contributed by atoms with E-state index in [0.717, 1.165) is 56.7 Å². The normalized spacial score (nSPS) is 23.2. The number of pyridine rings is 1. The van der Waals surface area contributed by atoms with E-state index in [1.165, 1.54) is 85.1 Å². The van der Waals surface area contributed by atoms with Crippen LogP contribution in [0.15, 0.2) is 75.1 Å². The van der Waals surface area contributed by atoms with Crippen molar-refractivity contribution < 1.29 is 97.5 Å². The molecule has 108 heavy (non-hydrogen) atoms. The standard InChI is InChI=1S/C69H70N14O20S5/c1-27(56(88)70-13-12-31-14-33(85)16-34(86)15-31)71-57(89)39-24-107-65(76-39)50-44(87)17-35-49(78-50)38-22-105-63(73-38)37-21-101-67(94)52-36-20-99-53(54(103-45-18-69(5,96)55(82(6)7)30(4)102-45)68(95)100-19-32-10-9-11-43(46(32)36)83(52)97)51(66-77-40(25-108-66)58(90)72-37)81-60(92)42-26-106-64(75-42)48(29(3)98-8)80-61(93)47(28(2)84)79-59(91)41-23-104-62(35)74-41/h9-11,14-17,22-28,30,37,45,47,51,53-55,84-87,96-97H,12-13,18-21H2,1-8H3,(H,70,88)(H,71,89)(H,72,90)(H,79,91)(H,80,93)(H,81,92)/b48-29+/t27-,28+,30-,37-,45-,47-,51-,53-,54-,55+,69-/m0/s1. The lowest BCUT2D eigenvalue weighted by molar-refractivity contribution is -0.280. The molecule has 566 valence electrons. The van der Waals surface area contributed by atoms with E-state index in [1.807, 2.05) is 0 Å². The van der Waals surface area contributed by atoms with Crippen LogP contribution in [0.4, 0.5) is 0 Å². The number of carbonyl (C=O) groups excluding carboxylic acids is 8. The van der Waals surface area contributed by atoms with Gasteiger partial charge in [0, 0.05) is 62.4 Å². The quantitative estimate of drug-likeness (QED) is 0.0432. The molecule has 11 heterocycles. The average Bonchev–Trinajstić information content (AvgIpc) is 1.60. The summed E-state index contributed by atoms with van der Waals surface area (Å²) in [7, 11) is 4.83. The maximum absolute atomic E-state index is 15.2. The number of allylic oxidation sites excluding steroid dienone is 1. The lowest BCUT2D eigenvalue weighted by Gasteiger charge is -2.48. The highest BCUT2D eigenvalue weighted by Gasteiger charge is 2.50. The number of likely N-dealkylation sites (N-methyl/N-ethyl adjacent to an activating group) is 1. The topological polar surface area (TPSA) is 471 Å². The Labute approximate surface area is 632 Å². The van der Waals surface area contributed by atoms with Gasteiger partial charge < -0.3 is 96.0 Å². The van der Waals surface area contributed by atoms with Crippen molar-refractivity contribution in [1.29, 1.82) is 0 Å². The molecule has 13 rings (SSSR count). The minimum Gasteiger partial charge on any atom is -0.508 e. The third-order valence-corrected chi connectivity index (χ3v) is 22.6. The lowest BCUT2D eigenvalue weighted by atomic mass is 9.85. The molecule has 4 aliphatic rings. The molecular weight excluding hydrogens is 1510 g/mol.